The summed E-state index contributed by atoms with van der Waals surface area (Å²) in [6, 6.07) is 8.13. The summed E-state index contributed by atoms with van der Waals surface area (Å²) in [5, 5.41) is 2.68. The molecule has 0 atom stereocenters. The third-order valence-corrected chi connectivity index (χ3v) is 4.53. The van der Waals surface area contributed by atoms with Crippen LogP contribution in [0.4, 0.5) is 0 Å². The number of benzene rings is 1. The predicted molar refractivity (Wildman–Crippen MR) is 72.8 cm³/mol. The zero-order valence-corrected chi connectivity index (χ0v) is 11.1. The monoisotopic (exact) mass is 261 g/mol. The molecule has 1 amide bonds. The molecule has 18 heavy (non-hydrogen) atoms. The minimum atomic E-state index is 0.00778. The molecule has 94 valence electrons. The van der Waals surface area contributed by atoms with Crippen molar-refractivity contribution in [2.24, 2.45) is 0 Å². The molecular formula is C14H15NO2S. The summed E-state index contributed by atoms with van der Waals surface area (Å²) in [6.45, 7) is 3.36. The third-order valence-electron chi connectivity index (χ3n) is 3.27. The van der Waals surface area contributed by atoms with Crippen molar-refractivity contribution in [2.75, 3.05) is 13.2 Å². The topological polar surface area (TPSA) is 29.5 Å². The van der Waals surface area contributed by atoms with E-state index in [0.717, 1.165) is 28.0 Å². The first kappa shape index (κ1) is 11.7. The van der Waals surface area contributed by atoms with E-state index in [1.165, 1.54) is 10.4 Å². The highest BCUT2D eigenvalue weighted by Gasteiger charge is 2.23. The van der Waals surface area contributed by atoms with Crippen LogP contribution in [0.3, 0.4) is 0 Å². The van der Waals surface area contributed by atoms with Crippen molar-refractivity contribution in [3.8, 4) is 0 Å². The van der Waals surface area contributed by atoms with Crippen LogP contribution >= 0.6 is 11.3 Å². The second-order valence-corrected chi connectivity index (χ2v) is 5.55. The van der Waals surface area contributed by atoms with E-state index < -0.39 is 0 Å². The average Bonchev–Trinajstić information content (AvgIpc) is 2.77. The molecule has 0 aliphatic carbocycles. The highest BCUT2D eigenvalue weighted by atomic mass is 32.1. The largest absolute Gasteiger partial charge is 0.287 e. The van der Waals surface area contributed by atoms with E-state index in [1.807, 2.05) is 19.1 Å². The first-order chi connectivity index (χ1) is 8.77. The van der Waals surface area contributed by atoms with Crippen molar-refractivity contribution < 1.29 is 9.63 Å². The fourth-order valence-electron chi connectivity index (χ4n) is 2.25. The smallest absolute Gasteiger partial charge is 0.271 e. The van der Waals surface area contributed by atoms with E-state index in [9.17, 15) is 4.79 Å². The summed E-state index contributed by atoms with van der Waals surface area (Å²) in [6.07, 6.45) is 2.06. The molecule has 0 saturated carbocycles. The molecule has 1 aliphatic heterocycles. The Balaban J connectivity index is 1.98. The predicted octanol–water partition coefficient (Wildman–Crippen LogP) is 3.38. The number of nitrogens with zero attached hydrogens (tertiary/aromatic N) is 1. The summed E-state index contributed by atoms with van der Waals surface area (Å²) in [5.74, 6) is 0.00778. The summed E-state index contributed by atoms with van der Waals surface area (Å²) < 4.78 is 1.16. The Morgan fingerprint density at radius 2 is 2.17 bits per heavy atom. The number of amides is 1. The SMILES string of the molecule is Cc1c(C(=O)N2CCCCO2)sc2ccccc12. The molecule has 0 radical (unpaired) electrons. The summed E-state index contributed by atoms with van der Waals surface area (Å²) >= 11 is 1.55. The fourth-order valence-corrected chi connectivity index (χ4v) is 3.40. The Bertz CT molecular complexity index is 584. The van der Waals surface area contributed by atoms with Gasteiger partial charge in [0.15, 0.2) is 0 Å². The highest BCUT2D eigenvalue weighted by Crippen LogP contribution is 2.31. The van der Waals surface area contributed by atoms with Gasteiger partial charge in [-0.2, -0.15) is 0 Å². The molecule has 1 saturated heterocycles. The van der Waals surface area contributed by atoms with Crippen LogP contribution in [0.25, 0.3) is 10.1 Å². The Morgan fingerprint density at radius 3 is 2.89 bits per heavy atom. The number of rotatable bonds is 1. The number of hydroxylamine groups is 2. The molecule has 1 fully saturated rings. The van der Waals surface area contributed by atoms with Crippen LogP contribution in [-0.4, -0.2) is 24.1 Å². The van der Waals surface area contributed by atoms with Gasteiger partial charge in [0.1, 0.15) is 0 Å². The van der Waals surface area contributed by atoms with Crippen molar-refractivity contribution >= 4 is 27.3 Å². The number of hydrogen-bond donors (Lipinski definition) is 0. The standard InChI is InChI=1S/C14H15NO2S/c1-10-11-6-2-3-7-12(11)18-13(10)14(16)15-8-4-5-9-17-15/h2-3,6-7H,4-5,8-9H2,1H3. The van der Waals surface area contributed by atoms with Gasteiger partial charge in [-0.15, -0.1) is 11.3 Å². The number of thiophene rings is 1. The van der Waals surface area contributed by atoms with Crippen LogP contribution in [0, 0.1) is 6.92 Å². The van der Waals surface area contributed by atoms with Gasteiger partial charge < -0.3 is 0 Å². The lowest BCUT2D eigenvalue weighted by molar-refractivity contribution is -0.144. The maximum Gasteiger partial charge on any atom is 0.287 e. The van der Waals surface area contributed by atoms with Crippen LogP contribution in [0.15, 0.2) is 24.3 Å². The Labute approximate surface area is 110 Å². The molecule has 3 rings (SSSR count). The summed E-state index contributed by atoms with van der Waals surface area (Å²) in [4.78, 5) is 18.6. The van der Waals surface area contributed by atoms with Gasteiger partial charge in [0.05, 0.1) is 11.5 Å². The van der Waals surface area contributed by atoms with Crippen molar-refractivity contribution in [2.45, 2.75) is 19.8 Å². The van der Waals surface area contributed by atoms with Gasteiger partial charge in [-0.3, -0.25) is 9.63 Å². The van der Waals surface area contributed by atoms with E-state index in [1.54, 1.807) is 11.3 Å². The maximum absolute atomic E-state index is 12.4. The Kier molecular flexibility index (Phi) is 3.06. The fraction of sp³-hybridized carbons (Fsp3) is 0.357. The zero-order chi connectivity index (χ0) is 12.5. The van der Waals surface area contributed by atoms with Gasteiger partial charge >= 0.3 is 0 Å². The molecule has 4 heteroatoms. The second kappa shape index (κ2) is 4.71. The summed E-state index contributed by atoms with van der Waals surface area (Å²) in [5.41, 5.74) is 1.06. The lowest BCUT2D eigenvalue weighted by Crippen LogP contribution is -2.35. The number of carbonyl (C=O) groups is 1. The van der Waals surface area contributed by atoms with Crippen LogP contribution in [0.5, 0.6) is 0 Å². The van der Waals surface area contributed by atoms with E-state index >= 15 is 0 Å². The molecule has 1 aromatic carbocycles. The first-order valence-electron chi connectivity index (χ1n) is 6.20. The van der Waals surface area contributed by atoms with E-state index in [-0.39, 0.29) is 5.91 Å². The lowest BCUT2D eigenvalue weighted by atomic mass is 10.1. The molecule has 2 heterocycles. The molecule has 2 aromatic rings. The first-order valence-corrected chi connectivity index (χ1v) is 7.02. The Morgan fingerprint density at radius 1 is 1.33 bits per heavy atom. The number of fused-ring (bicyclic) bond motifs is 1. The van der Waals surface area contributed by atoms with Gasteiger partial charge in [0.25, 0.3) is 5.91 Å². The maximum atomic E-state index is 12.4. The molecule has 0 spiro atoms. The minimum Gasteiger partial charge on any atom is -0.271 e. The van der Waals surface area contributed by atoms with E-state index in [0.29, 0.717) is 13.2 Å². The quantitative estimate of drug-likeness (QED) is 0.787. The zero-order valence-electron chi connectivity index (χ0n) is 10.3. The van der Waals surface area contributed by atoms with Crippen LogP contribution in [0.2, 0.25) is 0 Å². The minimum absolute atomic E-state index is 0.00778. The van der Waals surface area contributed by atoms with E-state index in [2.05, 4.69) is 12.1 Å². The van der Waals surface area contributed by atoms with Crippen molar-refractivity contribution in [3.05, 3.63) is 34.7 Å². The third kappa shape index (κ3) is 1.91. The molecule has 1 aliphatic rings. The summed E-state index contributed by atoms with van der Waals surface area (Å²) in [7, 11) is 0. The van der Waals surface area contributed by atoms with E-state index in [4.69, 9.17) is 4.84 Å². The van der Waals surface area contributed by atoms with Gasteiger partial charge in [-0.05, 0) is 36.8 Å². The van der Waals surface area contributed by atoms with Crippen molar-refractivity contribution in [1.82, 2.24) is 5.06 Å². The van der Waals surface area contributed by atoms with Gasteiger partial charge in [0, 0.05) is 11.2 Å². The number of aryl methyl sites for hydroxylation is 1. The van der Waals surface area contributed by atoms with Gasteiger partial charge in [0.2, 0.25) is 0 Å². The molecule has 0 bridgehead atoms. The van der Waals surface area contributed by atoms with Crippen molar-refractivity contribution in [1.29, 1.82) is 0 Å². The molecule has 3 nitrogen and oxygen atoms in total. The molecule has 1 aromatic heterocycles. The van der Waals surface area contributed by atoms with Gasteiger partial charge in [-0.25, -0.2) is 5.06 Å². The Hall–Kier alpha value is -1.39. The van der Waals surface area contributed by atoms with Crippen molar-refractivity contribution in [3.63, 3.8) is 0 Å². The average molecular weight is 261 g/mol. The van der Waals surface area contributed by atoms with Crippen LogP contribution < -0.4 is 0 Å². The number of carbonyl (C=O) groups excluding carboxylic acids is 1. The highest BCUT2D eigenvalue weighted by molar-refractivity contribution is 7.21. The lowest BCUT2D eigenvalue weighted by Gasteiger charge is -2.25. The van der Waals surface area contributed by atoms with Crippen LogP contribution in [-0.2, 0) is 4.84 Å². The van der Waals surface area contributed by atoms with Gasteiger partial charge in [-0.1, -0.05) is 18.2 Å². The van der Waals surface area contributed by atoms with Crippen LogP contribution in [0.1, 0.15) is 28.1 Å². The molecule has 0 N–H and O–H groups in total. The normalized spacial score (nSPS) is 16.2. The second-order valence-electron chi connectivity index (χ2n) is 4.50. The molecular weight excluding hydrogens is 246 g/mol. The molecule has 0 unspecified atom stereocenters. The number of hydrogen-bond acceptors (Lipinski definition) is 3.